The molecular weight excluding hydrogens is 244 g/mol. The highest BCUT2D eigenvalue weighted by atomic mass is 32.1. The Morgan fingerprint density at radius 1 is 1.22 bits per heavy atom. The molecule has 0 amide bonds. The maximum Gasteiger partial charge on any atom is 0.217 e. The molecule has 1 aromatic carbocycles. The third kappa shape index (κ3) is 2.36. The molecule has 0 spiro atoms. The highest BCUT2D eigenvalue weighted by molar-refractivity contribution is 7.80. The molecule has 1 atom stereocenters. The highest BCUT2D eigenvalue weighted by Gasteiger charge is 2.24. The lowest BCUT2D eigenvalue weighted by Gasteiger charge is -2.22. The van der Waals surface area contributed by atoms with Crippen molar-refractivity contribution in [3.8, 4) is 0 Å². The summed E-state index contributed by atoms with van der Waals surface area (Å²) in [6, 6.07) is 8.46. The van der Waals surface area contributed by atoms with Gasteiger partial charge in [-0.15, -0.1) is 5.11 Å². The van der Waals surface area contributed by atoms with Crippen LogP contribution in [0.1, 0.15) is 25.6 Å². The summed E-state index contributed by atoms with van der Waals surface area (Å²) >= 11 is 5.08. The zero-order chi connectivity index (χ0) is 13.1. The Morgan fingerprint density at radius 3 is 2.28 bits per heavy atom. The van der Waals surface area contributed by atoms with Gasteiger partial charge in [0.05, 0.1) is 0 Å². The third-order valence-electron chi connectivity index (χ3n) is 3.24. The summed E-state index contributed by atoms with van der Waals surface area (Å²) in [5.74, 6) is 0. The normalized spacial score (nSPS) is 18.5. The molecule has 2 rings (SSSR count). The molecular formula is C13H18N4S. The number of hydrogen-bond acceptors (Lipinski definition) is 3. The molecule has 4 nitrogen and oxygen atoms in total. The number of rotatable bonds is 4. The maximum absolute atomic E-state index is 5.08. The maximum atomic E-state index is 5.08. The first kappa shape index (κ1) is 13.0. The van der Waals surface area contributed by atoms with E-state index >= 15 is 0 Å². The van der Waals surface area contributed by atoms with E-state index in [1.165, 1.54) is 5.69 Å². The van der Waals surface area contributed by atoms with Gasteiger partial charge in [-0.2, -0.15) is 5.11 Å². The van der Waals surface area contributed by atoms with E-state index in [-0.39, 0.29) is 6.17 Å². The zero-order valence-electron chi connectivity index (χ0n) is 11.0. The number of azo groups is 1. The van der Waals surface area contributed by atoms with Crippen molar-refractivity contribution in [2.24, 2.45) is 10.2 Å². The topological polar surface area (TPSA) is 31.2 Å². The second-order valence-corrected chi connectivity index (χ2v) is 4.61. The van der Waals surface area contributed by atoms with E-state index in [1.54, 1.807) is 0 Å². The van der Waals surface area contributed by atoms with Crippen molar-refractivity contribution in [2.45, 2.75) is 20.0 Å². The summed E-state index contributed by atoms with van der Waals surface area (Å²) in [5.41, 5.74) is 2.36. The predicted molar refractivity (Wildman–Crippen MR) is 78.0 cm³/mol. The van der Waals surface area contributed by atoms with Crippen LogP contribution in [0.2, 0.25) is 0 Å². The van der Waals surface area contributed by atoms with E-state index < -0.39 is 0 Å². The molecule has 5 heteroatoms. The SMILES string of the molecule is CCN(CC)c1ccc(C2N=NC(=S)N2C)cc1. The van der Waals surface area contributed by atoms with E-state index in [9.17, 15) is 0 Å². The Labute approximate surface area is 113 Å². The van der Waals surface area contributed by atoms with Gasteiger partial charge in [-0.3, -0.25) is 0 Å². The summed E-state index contributed by atoms with van der Waals surface area (Å²) in [6.45, 7) is 6.36. The average molecular weight is 262 g/mol. The Balaban J connectivity index is 2.18. The van der Waals surface area contributed by atoms with Crippen LogP contribution in [0.15, 0.2) is 34.5 Å². The predicted octanol–water partition coefficient (Wildman–Crippen LogP) is 3.21. The fourth-order valence-electron chi connectivity index (χ4n) is 2.09. The third-order valence-corrected chi connectivity index (χ3v) is 3.61. The van der Waals surface area contributed by atoms with Crippen molar-refractivity contribution < 1.29 is 0 Å². The lowest BCUT2D eigenvalue weighted by atomic mass is 10.1. The molecule has 0 radical (unpaired) electrons. The van der Waals surface area contributed by atoms with E-state index in [0.29, 0.717) is 5.11 Å². The molecule has 96 valence electrons. The van der Waals surface area contributed by atoms with Gasteiger partial charge < -0.3 is 9.80 Å². The Bertz CT molecular complexity index is 451. The minimum Gasteiger partial charge on any atom is -0.372 e. The molecule has 18 heavy (non-hydrogen) atoms. The summed E-state index contributed by atoms with van der Waals surface area (Å²) in [5, 5.41) is 8.66. The first-order valence-corrected chi connectivity index (χ1v) is 6.60. The van der Waals surface area contributed by atoms with Crippen LogP contribution in [0, 0.1) is 0 Å². The Morgan fingerprint density at radius 2 is 1.83 bits per heavy atom. The van der Waals surface area contributed by atoms with Gasteiger partial charge >= 0.3 is 0 Å². The molecule has 0 bridgehead atoms. The number of thiocarbonyl (C=S) groups is 1. The van der Waals surface area contributed by atoms with Crippen LogP contribution in [-0.2, 0) is 0 Å². The van der Waals surface area contributed by atoms with Crippen molar-refractivity contribution in [3.05, 3.63) is 29.8 Å². The van der Waals surface area contributed by atoms with Crippen LogP contribution in [0.4, 0.5) is 5.69 Å². The lowest BCUT2D eigenvalue weighted by molar-refractivity contribution is 0.414. The summed E-state index contributed by atoms with van der Waals surface area (Å²) < 4.78 is 0. The second-order valence-electron chi connectivity index (χ2n) is 4.25. The van der Waals surface area contributed by atoms with Crippen LogP contribution < -0.4 is 4.90 Å². The van der Waals surface area contributed by atoms with Crippen molar-refractivity contribution in [2.75, 3.05) is 25.0 Å². The fourth-order valence-corrected chi connectivity index (χ4v) is 2.24. The van der Waals surface area contributed by atoms with Gasteiger partial charge in [-0.25, -0.2) is 0 Å². The van der Waals surface area contributed by atoms with Crippen LogP contribution in [0.3, 0.4) is 0 Å². The summed E-state index contributed by atoms with van der Waals surface area (Å²) in [7, 11) is 1.92. The first-order valence-electron chi connectivity index (χ1n) is 6.20. The monoisotopic (exact) mass is 262 g/mol. The summed E-state index contributed by atoms with van der Waals surface area (Å²) in [6.07, 6.45) is -0.0664. The minimum atomic E-state index is -0.0664. The number of hydrogen-bond donors (Lipinski definition) is 0. The van der Waals surface area contributed by atoms with E-state index in [1.807, 2.05) is 11.9 Å². The van der Waals surface area contributed by atoms with Gasteiger partial charge in [0, 0.05) is 25.8 Å². The van der Waals surface area contributed by atoms with Gasteiger partial charge in [-0.1, -0.05) is 12.1 Å². The van der Waals surface area contributed by atoms with Crippen LogP contribution in [-0.4, -0.2) is 30.1 Å². The molecule has 0 aliphatic carbocycles. The van der Waals surface area contributed by atoms with E-state index in [0.717, 1.165) is 18.7 Å². The molecule has 1 aliphatic rings. The van der Waals surface area contributed by atoms with Crippen LogP contribution >= 0.6 is 12.2 Å². The number of benzene rings is 1. The largest absolute Gasteiger partial charge is 0.372 e. The fraction of sp³-hybridized carbons (Fsp3) is 0.462. The van der Waals surface area contributed by atoms with Crippen LogP contribution in [0.5, 0.6) is 0 Å². The van der Waals surface area contributed by atoms with Gasteiger partial charge in [0.1, 0.15) is 0 Å². The van der Waals surface area contributed by atoms with Gasteiger partial charge in [-0.05, 0) is 43.8 Å². The van der Waals surface area contributed by atoms with Crippen molar-refractivity contribution in [1.29, 1.82) is 0 Å². The molecule has 1 aliphatic heterocycles. The molecule has 0 saturated heterocycles. The lowest BCUT2D eigenvalue weighted by Crippen LogP contribution is -2.23. The van der Waals surface area contributed by atoms with Gasteiger partial charge in [0.2, 0.25) is 5.11 Å². The van der Waals surface area contributed by atoms with E-state index in [4.69, 9.17) is 12.2 Å². The molecule has 1 unspecified atom stereocenters. The summed E-state index contributed by atoms with van der Waals surface area (Å²) in [4.78, 5) is 4.22. The first-order chi connectivity index (χ1) is 8.67. The molecule has 0 aromatic heterocycles. The molecule has 0 saturated carbocycles. The average Bonchev–Trinajstić information content (AvgIpc) is 2.73. The van der Waals surface area contributed by atoms with Gasteiger partial charge in [0.25, 0.3) is 0 Å². The smallest absolute Gasteiger partial charge is 0.217 e. The Kier molecular flexibility index (Phi) is 3.91. The second kappa shape index (κ2) is 5.44. The minimum absolute atomic E-state index is 0.0664. The van der Waals surface area contributed by atoms with Crippen LogP contribution in [0.25, 0.3) is 0 Å². The van der Waals surface area contributed by atoms with E-state index in [2.05, 4.69) is 53.2 Å². The van der Waals surface area contributed by atoms with Crippen molar-refractivity contribution >= 4 is 23.0 Å². The van der Waals surface area contributed by atoms with Crippen molar-refractivity contribution in [3.63, 3.8) is 0 Å². The standard InChI is InChI=1S/C13H18N4S/c1-4-17(5-2)11-8-6-10(7-9-11)12-14-15-13(18)16(12)3/h6-9,12H,4-5H2,1-3H3. The van der Waals surface area contributed by atoms with Crippen molar-refractivity contribution in [1.82, 2.24) is 4.90 Å². The molecule has 1 heterocycles. The Hall–Kier alpha value is -1.49. The quantitative estimate of drug-likeness (QED) is 0.781. The molecule has 0 N–H and O–H groups in total. The number of nitrogens with zero attached hydrogens (tertiary/aromatic N) is 4. The van der Waals surface area contributed by atoms with Gasteiger partial charge in [0.15, 0.2) is 6.17 Å². The molecule has 0 fully saturated rings. The number of anilines is 1. The zero-order valence-corrected chi connectivity index (χ0v) is 11.8. The highest BCUT2D eigenvalue weighted by Crippen LogP contribution is 2.28. The molecule has 1 aromatic rings.